The molecule has 8 heteroatoms. The molecule has 21 heavy (non-hydrogen) atoms. The van der Waals surface area contributed by atoms with E-state index in [0.29, 0.717) is 11.4 Å². The summed E-state index contributed by atoms with van der Waals surface area (Å²) in [6, 6.07) is 4.27. The summed E-state index contributed by atoms with van der Waals surface area (Å²) in [4.78, 5) is 11.5. The van der Waals surface area contributed by atoms with Crippen molar-refractivity contribution in [3.63, 3.8) is 0 Å². The molecule has 1 amide bonds. The van der Waals surface area contributed by atoms with E-state index >= 15 is 0 Å². The van der Waals surface area contributed by atoms with Crippen LogP contribution in [0.3, 0.4) is 0 Å². The topological polar surface area (TPSA) is 93.7 Å². The van der Waals surface area contributed by atoms with Gasteiger partial charge in [0.15, 0.2) is 0 Å². The lowest BCUT2D eigenvalue weighted by atomic mass is 10.3. The molecule has 0 aliphatic carbocycles. The molecule has 0 saturated carbocycles. The van der Waals surface area contributed by atoms with Crippen molar-refractivity contribution in [3.8, 4) is 5.75 Å². The smallest absolute Gasteiger partial charge is 0.240 e. The number of sulfonamides is 1. The van der Waals surface area contributed by atoms with Crippen molar-refractivity contribution < 1.29 is 22.7 Å². The van der Waals surface area contributed by atoms with Crippen molar-refractivity contribution >= 4 is 21.6 Å². The van der Waals surface area contributed by atoms with E-state index in [1.807, 2.05) is 0 Å². The Labute approximate surface area is 124 Å². The van der Waals surface area contributed by atoms with Gasteiger partial charge in [0.25, 0.3) is 0 Å². The standard InChI is InChI=1S/C13H20N2O5S/c1-4-13(16)15-11-9-10(5-6-12(11)20-3)21(17,18)14-7-8-19-2/h5-6,9,14H,4,7-8H2,1-3H3,(H,15,16). The molecule has 1 aromatic rings. The summed E-state index contributed by atoms with van der Waals surface area (Å²) < 4.78 is 36.5. The van der Waals surface area contributed by atoms with E-state index in [4.69, 9.17) is 9.47 Å². The second-order valence-corrected chi connectivity index (χ2v) is 5.92. The zero-order valence-electron chi connectivity index (χ0n) is 12.3. The largest absolute Gasteiger partial charge is 0.495 e. The zero-order chi connectivity index (χ0) is 15.9. The van der Waals surface area contributed by atoms with Crippen molar-refractivity contribution in [2.75, 3.05) is 32.7 Å². The summed E-state index contributed by atoms with van der Waals surface area (Å²) in [5.41, 5.74) is 0.318. The predicted octanol–water partition coefficient (Wildman–Crippen LogP) is 0.968. The lowest BCUT2D eigenvalue weighted by Crippen LogP contribution is -2.27. The normalized spacial score (nSPS) is 11.2. The number of ether oxygens (including phenoxy) is 2. The van der Waals surface area contributed by atoms with Gasteiger partial charge in [0, 0.05) is 20.1 Å². The van der Waals surface area contributed by atoms with E-state index < -0.39 is 10.0 Å². The molecule has 0 fully saturated rings. The third kappa shape index (κ3) is 5.00. The van der Waals surface area contributed by atoms with E-state index in [1.54, 1.807) is 6.92 Å². The van der Waals surface area contributed by atoms with Crippen LogP contribution in [0.15, 0.2) is 23.1 Å². The van der Waals surface area contributed by atoms with Crippen LogP contribution >= 0.6 is 0 Å². The predicted molar refractivity (Wildman–Crippen MR) is 79.0 cm³/mol. The third-order valence-electron chi connectivity index (χ3n) is 2.67. The van der Waals surface area contributed by atoms with Gasteiger partial charge in [0.2, 0.25) is 15.9 Å². The molecule has 2 N–H and O–H groups in total. The Morgan fingerprint density at radius 3 is 2.57 bits per heavy atom. The number of rotatable bonds is 8. The lowest BCUT2D eigenvalue weighted by molar-refractivity contribution is -0.115. The molecule has 0 spiro atoms. The Morgan fingerprint density at radius 1 is 1.29 bits per heavy atom. The number of anilines is 1. The number of benzene rings is 1. The molecule has 0 atom stereocenters. The van der Waals surface area contributed by atoms with Gasteiger partial charge in [-0.25, -0.2) is 13.1 Å². The minimum atomic E-state index is -3.66. The fourth-order valence-electron chi connectivity index (χ4n) is 1.55. The number of amides is 1. The van der Waals surface area contributed by atoms with E-state index in [9.17, 15) is 13.2 Å². The first kappa shape index (κ1) is 17.4. The highest BCUT2D eigenvalue weighted by Crippen LogP contribution is 2.27. The maximum absolute atomic E-state index is 12.1. The highest BCUT2D eigenvalue weighted by Gasteiger charge is 2.16. The molecule has 0 aliphatic rings. The van der Waals surface area contributed by atoms with Crippen LogP contribution in [0.1, 0.15) is 13.3 Å². The Kier molecular flexibility index (Phi) is 6.60. The molecule has 1 rings (SSSR count). The monoisotopic (exact) mass is 316 g/mol. The van der Waals surface area contributed by atoms with E-state index in [-0.39, 0.29) is 30.4 Å². The summed E-state index contributed by atoms with van der Waals surface area (Å²) in [7, 11) is -0.727. The number of methoxy groups -OCH3 is 2. The van der Waals surface area contributed by atoms with Crippen molar-refractivity contribution in [2.24, 2.45) is 0 Å². The van der Waals surface area contributed by atoms with Gasteiger partial charge in [-0.15, -0.1) is 0 Å². The second kappa shape index (κ2) is 7.96. The van der Waals surface area contributed by atoms with Gasteiger partial charge in [-0.2, -0.15) is 0 Å². The summed E-state index contributed by atoms with van der Waals surface area (Å²) in [5, 5.41) is 2.61. The zero-order valence-corrected chi connectivity index (χ0v) is 13.1. The lowest BCUT2D eigenvalue weighted by Gasteiger charge is -2.12. The number of hydrogen-bond acceptors (Lipinski definition) is 5. The highest BCUT2D eigenvalue weighted by atomic mass is 32.2. The summed E-state index contributed by atoms with van der Waals surface area (Å²) in [6.07, 6.45) is 0.284. The van der Waals surface area contributed by atoms with Crippen molar-refractivity contribution in [2.45, 2.75) is 18.2 Å². The molecule has 0 radical (unpaired) electrons. The van der Waals surface area contributed by atoms with Crippen molar-refractivity contribution in [3.05, 3.63) is 18.2 Å². The molecule has 1 aromatic carbocycles. The quantitative estimate of drug-likeness (QED) is 0.697. The molecule has 0 saturated heterocycles. The van der Waals surface area contributed by atoms with Crippen molar-refractivity contribution in [1.29, 1.82) is 0 Å². The van der Waals surface area contributed by atoms with Gasteiger partial charge in [0.1, 0.15) is 5.75 Å². The van der Waals surface area contributed by atoms with Crippen LogP contribution in [0.5, 0.6) is 5.75 Å². The van der Waals surface area contributed by atoms with Crippen LogP contribution in [0.25, 0.3) is 0 Å². The summed E-state index contributed by atoms with van der Waals surface area (Å²) >= 11 is 0. The maximum Gasteiger partial charge on any atom is 0.240 e. The molecule has 0 aliphatic heterocycles. The first-order valence-corrected chi connectivity index (χ1v) is 7.89. The molecule has 0 aromatic heterocycles. The first-order valence-electron chi connectivity index (χ1n) is 6.41. The molecule has 118 valence electrons. The van der Waals surface area contributed by atoms with Crippen LogP contribution in [-0.4, -0.2) is 41.7 Å². The minimum Gasteiger partial charge on any atom is -0.495 e. The third-order valence-corrected chi connectivity index (χ3v) is 4.13. The van der Waals surface area contributed by atoms with Crippen molar-refractivity contribution in [1.82, 2.24) is 4.72 Å². The molecular formula is C13H20N2O5S. The molecule has 7 nitrogen and oxygen atoms in total. The Morgan fingerprint density at radius 2 is 2.00 bits per heavy atom. The summed E-state index contributed by atoms with van der Waals surface area (Å²) in [5.74, 6) is 0.169. The van der Waals surface area contributed by atoms with Crippen LogP contribution in [-0.2, 0) is 19.6 Å². The molecule has 0 bridgehead atoms. The second-order valence-electron chi connectivity index (χ2n) is 4.15. The molecule has 0 unspecified atom stereocenters. The van der Waals surface area contributed by atoms with Gasteiger partial charge in [-0.05, 0) is 18.2 Å². The highest BCUT2D eigenvalue weighted by molar-refractivity contribution is 7.89. The van der Waals surface area contributed by atoms with E-state index in [0.717, 1.165) is 0 Å². The average molecular weight is 316 g/mol. The Balaban J connectivity index is 3.03. The van der Waals surface area contributed by atoms with Gasteiger partial charge >= 0.3 is 0 Å². The fraction of sp³-hybridized carbons (Fsp3) is 0.462. The average Bonchev–Trinajstić information content (AvgIpc) is 2.47. The SMILES string of the molecule is CCC(=O)Nc1cc(S(=O)(=O)NCCOC)ccc1OC. The van der Waals surface area contributed by atoms with E-state index in [1.165, 1.54) is 32.4 Å². The molecule has 0 heterocycles. The van der Waals surface area contributed by atoms with Crippen LogP contribution in [0.4, 0.5) is 5.69 Å². The van der Waals surface area contributed by atoms with Gasteiger partial charge in [0.05, 0.1) is 24.3 Å². The number of hydrogen-bond donors (Lipinski definition) is 2. The Hall–Kier alpha value is -1.64. The fourth-order valence-corrected chi connectivity index (χ4v) is 2.59. The Bertz CT molecular complexity index is 586. The summed E-state index contributed by atoms with van der Waals surface area (Å²) in [6.45, 7) is 2.14. The maximum atomic E-state index is 12.1. The molecular weight excluding hydrogens is 296 g/mol. The van der Waals surface area contributed by atoms with E-state index in [2.05, 4.69) is 10.0 Å². The van der Waals surface area contributed by atoms with Gasteiger partial charge in [-0.3, -0.25) is 4.79 Å². The van der Waals surface area contributed by atoms with Crippen LogP contribution in [0.2, 0.25) is 0 Å². The van der Waals surface area contributed by atoms with Crippen LogP contribution in [0, 0.1) is 0 Å². The number of nitrogens with one attached hydrogen (secondary N) is 2. The van der Waals surface area contributed by atoms with Gasteiger partial charge < -0.3 is 14.8 Å². The number of carbonyl (C=O) groups is 1. The first-order chi connectivity index (χ1) is 9.94. The minimum absolute atomic E-state index is 0.0470. The van der Waals surface area contributed by atoms with Crippen LogP contribution < -0.4 is 14.8 Å². The number of carbonyl (C=O) groups excluding carboxylic acids is 1. The van der Waals surface area contributed by atoms with Gasteiger partial charge in [-0.1, -0.05) is 6.92 Å².